The van der Waals surface area contributed by atoms with Gasteiger partial charge in [-0.1, -0.05) is 106 Å². The minimum Gasteiger partial charge on any atom is -0.199 e. The lowest BCUT2D eigenvalue weighted by Gasteiger charge is -2.49. The number of unbranched alkanes of at least 4 members (excludes halogenated alkanes) is 1. The van der Waals surface area contributed by atoms with E-state index >= 15 is 0 Å². The predicted molar refractivity (Wildman–Crippen MR) is 128 cm³/mol. The monoisotopic (exact) mass is 531 g/mol. The molecule has 3 rings (SSSR count). The average Bonchev–Trinajstić information content (AvgIpc) is 2.82. The highest BCUT2D eigenvalue weighted by atomic mass is 19.4. The first-order chi connectivity index (χ1) is 17.1. The summed E-state index contributed by atoms with van der Waals surface area (Å²) in [7, 11) is 0. The second-order valence-electron chi connectivity index (χ2n) is 9.42. The van der Waals surface area contributed by atoms with Gasteiger partial charge in [0, 0.05) is 0 Å². The summed E-state index contributed by atoms with van der Waals surface area (Å²) in [5.41, 5.74) is -3.01. The van der Waals surface area contributed by atoms with Crippen molar-refractivity contribution in [1.29, 1.82) is 0 Å². The molecule has 1 atom stereocenters. The Morgan fingerprint density at radius 2 is 0.919 bits per heavy atom. The fourth-order valence-corrected chi connectivity index (χ4v) is 5.33. The summed E-state index contributed by atoms with van der Waals surface area (Å²) >= 11 is 0. The molecule has 3 aromatic carbocycles. The van der Waals surface area contributed by atoms with Gasteiger partial charge in [-0.05, 0) is 0 Å². The minimum absolute atomic E-state index is 0.0251. The number of hydrogen-bond donors (Lipinski definition) is 0. The quantitative estimate of drug-likeness (QED) is 0.216. The van der Waals surface area contributed by atoms with Gasteiger partial charge in [0.1, 0.15) is 0 Å². The summed E-state index contributed by atoms with van der Waals surface area (Å²) in [6.07, 6.45) is -15.3. The molecule has 0 aliphatic heterocycles. The first-order valence-corrected chi connectivity index (χ1v) is 11.8. The van der Waals surface area contributed by atoms with Crippen LogP contribution < -0.4 is 16.4 Å². The van der Waals surface area contributed by atoms with Gasteiger partial charge in [0.25, 0.3) is 0 Å². The average molecular weight is 531 g/mol. The molecular formula is C27H25BF9-. The van der Waals surface area contributed by atoms with Crippen LogP contribution in [0.2, 0.25) is 5.82 Å². The second-order valence-corrected chi connectivity index (χ2v) is 9.42. The maximum Gasteiger partial charge on any atom is 0.416 e. The molecule has 0 radical (unpaired) electrons. The molecule has 0 saturated carbocycles. The Labute approximate surface area is 209 Å². The Morgan fingerprint density at radius 3 is 1.19 bits per heavy atom. The normalized spacial score (nSPS) is 14.0. The molecule has 10 heteroatoms. The molecule has 200 valence electrons. The van der Waals surface area contributed by atoms with E-state index in [1.54, 1.807) is 6.92 Å². The fourth-order valence-electron chi connectivity index (χ4n) is 5.33. The van der Waals surface area contributed by atoms with E-state index < -0.39 is 47.2 Å². The van der Waals surface area contributed by atoms with Gasteiger partial charge in [0.05, 0.1) is 22.8 Å². The van der Waals surface area contributed by atoms with Crippen LogP contribution in [0.1, 0.15) is 49.8 Å². The number of hydrogen-bond acceptors (Lipinski definition) is 0. The van der Waals surface area contributed by atoms with Crippen LogP contribution >= 0.6 is 0 Å². The lowest BCUT2D eigenvalue weighted by atomic mass is 9.10. The highest BCUT2D eigenvalue weighted by Crippen LogP contribution is 2.35. The Kier molecular flexibility index (Phi) is 8.10. The van der Waals surface area contributed by atoms with Crippen LogP contribution in [0.25, 0.3) is 0 Å². The highest BCUT2D eigenvalue weighted by Gasteiger charge is 2.40. The molecule has 0 bridgehead atoms. The SMILES string of the molecule is CCCCC(C)[B-](c1cccc(C(F)(F)F)c1)(c1cccc(C(F)(F)F)c1)c1cccc(C(F)(F)F)c1. The fraction of sp³-hybridized carbons (Fsp3) is 0.333. The van der Waals surface area contributed by atoms with Gasteiger partial charge in [0.2, 0.25) is 0 Å². The maximum atomic E-state index is 13.7. The van der Waals surface area contributed by atoms with Crippen molar-refractivity contribution in [3.8, 4) is 0 Å². The van der Waals surface area contributed by atoms with E-state index in [4.69, 9.17) is 0 Å². The van der Waals surface area contributed by atoms with Crippen molar-refractivity contribution < 1.29 is 39.5 Å². The Morgan fingerprint density at radius 1 is 0.595 bits per heavy atom. The minimum atomic E-state index is -4.76. The van der Waals surface area contributed by atoms with Crippen LogP contribution in [0.3, 0.4) is 0 Å². The highest BCUT2D eigenvalue weighted by molar-refractivity contribution is 7.12. The van der Waals surface area contributed by atoms with Gasteiger partial charge in [-0.25, -0.2) is 0 Å². The van der Waals surface area contributed by atoms with E-state index in [-0.39, 0.29) is 16.4 Å². The van der Waals surface area contributed by atoms with Crippen LogP contribution in [0.4, 0.5) is 39.5 Å². The molecule has 0 saturated heterocycles. The van der Waals surface area contributed by atoms with Gasteiger partial charge >= 0.3 is 18.5 Å². The van der Waals surface area contributed by atoms with Gasteiger partial charge < -0.3 is 0 Å². The van der Waals surface area contributed by atoms with Gasteiger partial charge in [-0.15, -0.1) is 0 Å². The summed E-state index contributed by atoms with van der Waals surface area (Å²) in [6.45, 7) is 3.55. The first-order valence-electron chi connectivity index (χ1n) is 11.8. The van der Waals surface area contributed by atoms with Crippen molar-refractivity contribution in [1.82, 2.24) is 0 Å². The van der Waals surface area contributed by atoms with E-state index in [1.807, 2.05) is 6.92 Å². The Hall–Kier alpha value is -2.91. The van der Waals surface area contributed by atoms with Crippen LogP contribution in [-0.2, 0) is 18.5 Å². The van der Waals surface area contributed by atoms with E-state index in [0.717, 1.165) is 54.6 Å². The van der Waals surface area contributed by atoms with Crippen LogP contribution in [-0.4, -0.2) is 6.15 Å². The van der Waals surface area contributed by atoms with Crippen molar-refractivity contribution in [2.24, 2.45) is 0 Å². The number of halogens is 9. The Bertz CT molecular complexity index is 1070. The topological polar surface area (TPSA) is 0 Å². The summed E-state index contributed by atoms with van der Waals surface area (Å²) < 4.78 is 123. The molecule has 0 fully saturated rings. The Balaban J connectivity index is 2.49. The van der Waals surface area contributed by atoms with Crippen molar-refractivity contribution in [2.75, 3.05) is 0 Å². The van der Waals surface area contributed by atoms with Crippen molar-refractivity contribution >= 4 is 22.5 Å². The summed E-state index contributed by atoms with van der Waals surface area (Å²) in [6, 6.07) is 12.6. The molecule has 0 aliphatic rings. The first kappa shape index (κ1) is 28.7. The molecule has 0 N–H and O–H groups in total. The van der Waals surface area contributed by atoms with E-state index in [9.17, 15) is 39.5 Å². The molecule has 37 heavy (non-hydrogen) atoms. The molecule has 1 unspecified atom stereocenters. The lowest BCUT2D eigenvalue weighted by Crippen LogP contribution is -2.69. The van der Waals surface area contributed by atoms with Crippen molar-refractivity contribution in [2.45, 2.75) is 57.5 Å². The third-order valence-corrected chi connectivity index (χ3v) is 7.09. The predicted octanol–water partition coefficient (Wildman–Crippen LogP) is 7.79. The summed E-state index contributed by atoms with van der Waals surface area (Å²) in [5, 5.41) is 0. The molecule has 0 aromatic heterocycles. The van der Waals surface area contributed by atoms with Gasteiger partial charge in [0.15, 0.2) is 0 Å². The van der Waals surface area contributed by atoms with Crippen LogP contribution in [0, 0.1) is 0 Å². The van der Waals surface area contributed by atoms with E-state index in [0.29, 0.717) is 19.3 Å². The smallest absolute Gasteiger partial charge is 0.199 e. The zero-order valence-corrected chi connectivity index (χ0v) is 20.1. The van der Waals surface area contributed by atoms with Crippen molar-refractivity contribution in [3.05, 3.63) is 89.5 Å². The summed E-state index contributed by atoms with van der Waals surface area (Å²) in [4.78, 5) is 0. The van der Waals surface area contributed by atoms with E-state index in [2.05, 4.69) is 0 Å². The van der Waals surface area contributed by atoms with Crippen LogP contribution in [0.5, 0.6) is 0 Å². The molecule has 0 amide bonds. The van der Waals surface area contributed by atoms with E-state index in [1.165, 1.54) is 18.2 Å². The number of benzene rings is 3. The number of rotatable bonds is 7. The number of alkyl halides is 9. The lowest BCUT2D eigenvalue weighted by molar-refractivity contribution is -0.138. The third kappa shape index (κ3) is 5.99. The zero-order valence-electron chi connectivity index (χ0n) is 20.1. The summed E-state index contributed by atoms with van der Waals surface area (Å²) in [5.74, 6) is -0.601. The molecule has 0 nitrogen and oxygen atoms in total. The molecule has 3 aromatic rings. The van der Waals surface area contributed by atoms with Gasteiger partial charge in [-0.3, -0.25) is 0 Å². The largest absolute Gasteiger partial charge is 0.416 e. The van der Waals surface area contributed by atoms with Crippen LogP contribution in [0.15, 0.2) is 72.8 Å². The molecule has 0 aliphatic carbocycles. The molecule has 0 spiro atoms. The standard InChI is InChI=1S/C27H25BF9/c1-3-4-8-18(2)28(22-12-5-9-19(15-22)25(29,30)31,23-13-6-10-20(16-23)26(32,33)34)24-14-7-11-21(17-24)27(35,36)37/h5-7,9-18H,3-4,8H2,1-2H3/q-1. The molecular weight excluding hydrogens is 506 g/mol. The maximum absolute atomic E-state index is 13.7. The van der Waals surface area contributed by atoms with Crippen molar-refractivity contribution in [3.63, 3.8) is 0 Å². The third-order valence-electron chi connectivity index (χ3n) is 7.09. The zero-order chi connectivity index (χ0) is 27.6. The van der Waals surface area contributed by atoms with Gasteiger partial charge in [-0.2, -0.15) is 61.7 Å². The second kappa shape index (κ2) is 10.5. The molecule has 0 heterocycles.